The Morgan fingerprint density at radius 3 is 1.65 bits per heavy atom. The fraction of sp³-hybridized carbons (Fsp3) is 0.0196. The van der Waals surface area contributed by atoms with Crippen LogP contribution in [0.25, 0.3) is 56.5 Å². The number of aromatic nitrogens is 4. The van der Waals surface area contributed by atoms with E-state index in [1.165, 1.54) is 27.8 Å². The van der Waals surface area contributed by atoms with Crippen molar-refractivity contribution >= 4 is 0 Å². The Labute approximate surface area is 329 Å². The van der Waals surface area contributed by atoms with Gasteiger partial charge in [0.1, 0.15) is 5.69 Å². The van der Waals surface area contributed by atoms with Crippen LogP contribution < -0.4 is 9.47 Å². The standard InChI is InChI=1S/C51H32N4O2/c1-4-15-34(16-5-1)48-53-49(55-50(54-48)43-24-12-13-30-52-43)35-28-26-33(27-29-35)38-22-14-25-44-47(38)57-45-31-40-39-21-10-11-23-41(39)51(36-17-6-2-7-18-36,37-19-8-3-9-20-37)42(40)32-46(45)56-44/h1-32H. The van der Waals surface area contributed by atoms with E-state index < -0.39 is 5.41 Å². The topological polar surface area (TPSA) is 70.0 Å². The summed E-state index contributed by atoms with van der Waals surface area (Å²) in [6.45, 7) is 0. The molecule has 1 aliphatic heterocycles. The molecule has 6 heteroatoms. The van der Waals surface area contributed by atoms with E-state index >= 15 is 0 Å². The first-order chi connectivity index (χ1) is 28.2. The van der Waals surface area contributed by atoms with Gasteiger partial charge in [-0.3, -0.25) is 4.98 Å². The van der Waals surface area contributed by atoms with Crippen molar-refractivity contribution in [2.75, 3.05) is 0 Å². The van der Waals surface area contributed by atoms with Gasteiger partial charge in [0.15, 0.2) is 40.5 Å². The minimum Gasteiger partial charge on any atom is -0.449 e. The second kappa shape index (κ2) is 13.3. The van der Waals surface area contributed by atoms with E-state index in [9.17, 15) is 0 Å². The number of pyridine rings is 1. The maximum atomic E-state index is 6.86. The first-order valence-corrected chi connectivity index (χ1v) is 19.0. The zero-order valence-electron chi connectivity index (χ0n) is 30.6. The molecule has 6 nitrogen and oxygen atoms in total. The molecule has 9 aromatic rings. The molecule has 7 aromatic carbocycles. The minimum absolute atomic E-state index is 0.517. The van der Waals surface area contributed by atoms with Gasteiger partial charge in [0, 0.05) is 22.9 Å². The van der Waals surface area contributed by atoms with E-state index in [0.29, 0.717) is 46.2 Å². The number of hydrogen-bond donors (Lipinski definition) is 0. The summed E-state index contributed by atoms with van der Waals surface area (Å²) in [6, 6.07) is 64.5. The average molecular weight is 733 g/mol. The fourth-order valence-electron chi connectivity index (χ4n) is 8.39. The molecule has 0 saturated heterocycles. The molecule has 268 valence electrons. The Kier molecular flexibility index (Phi) is 7.60. The Bertz CT molecular complexity index is 2840. The monoisotopic (exact) mass is 732 g/mol. The van der Waals surface area contributed by atoms with Gasteiger partial charge in [-0.15, -0.1) is 0 Å². The van der Waals surface area contributed by atoms with Gasteiger partial charge in [0.25, 0.3) is 0 Å². The molecule has 2 aromatic heterocycles. The molecular formula is C51H32N4O2. The molecule has 11 rings (SSSR count). The first-order valence-electron chi connectivity index (χ1n) is 19.0. The Morgan fingerprint density at radius 2 is 0.947 bits per heavy atom. The van der Waals surface area contributed by atoms with Crippen LogP contribution in [0.15, 0.2) is 194 Å². The average Bonchev–Trinajstić information content (AvgIpc) is 3.58. The zero-order valence-corrected chi connectivity index (χ0v) is 30.6. The van der Waals surface area contributed by atoms with Gasteiger partial charge < -0.3 is 9.47 Å². The van der Waals surface area contributed by atoms with Crippen LogP contribution in [0.5, 0.6) is 23.0 Å². The molecular weight excluding hydrogens is 701 g/mol. The zero-order chi connectivity index (χ0) is 37.8. The number of benzene rings is 7. The highest BCUT2D eigenvalue weighted by atomic mass is 16.6. The number of hydrogen-bond acceptors (Lipinski definition) is 6. The van der Waals surface area contributed by atoms with Crippen LogP contribution in [0.2, 0.25) is 0 Å². The molecule has 0 amide bonds. The van der Waals surface area contributed by atoms with E-state index in [-0.39, 0.29) is 0 Å². The Morgan fingerprint density at radius 1 is 0.368 bits per heavy atom. The van der Waals surface area contributed by atoms with Crippen LogP contribution >= 0.6 is 0 Å². The van der Waals surface area contributed by atoms with Crippen molar-refractivity contribution in [3.63, 3.8) is 0 Å². The number of fused-ring (bicyclic) bond motifs is 5. The molecule has 1 aliphatic carbocycles. The summed E-state index contributed by atoms with van der Waals surface area (Å²) in [5.74, 6) is 4.37. The SMILES string of the molecule is c1ccc(-c2nc(-c3ccc(-c4cccc5c4Oc4cc6c(cc4O5)C(c4ccccc4)(c4ccccc4)c4ccccc4-6)cc3)nc(-c3ccccn3)n2)cc1. The largest absolute Gasteiger partial charge is 0.449 e. The lowest BCUT2D eigenvalue weighted by atomic mass is 9.67. The van der Waals surface area contributed by atoms with Crippen molar-refractivity contribution in [1.82, 2.24) is 19.9 Å². The van der Waals surface area contributed by atoms with Crippen LogP contribution in [0, 0.1) is 0 Å². The third kappa shape index (κ3) is 5.34. The molecule has 0 radical (unpaired) electrons. The number of nitrogens with zero attached hydrogens (tertiary/aromatic N) is 4. The van der Waals surface area contributed by atoms with E-state index in [4.69, 9.17) is 24.4 Å². The van der Waals surface area contributed by atoms with Crippen LogP contribution in [0.4, 0.5) is 0 Å². The van der Waals surface area contributed by atoms with Crippen molar-refractivity contribution in [3.8, 4) is 79.5 Å². The van der Waals surface area contributed by atoms with Crippen molar-refractivity contribution in [3.05, 3.63) is 217 Å². The lowest BCUT2D eigenvalue weighted by molar-refractivity contribution is 0.360. The summed E-state index contributed by atoms with van der Waals surface area (Å²) in [7, 11) is 0. The van der Waals surface area contributed by atoms with Crippen LogP contribution in [-0.2, 0) is 5.41 Å². The summed E-state index contributed by atoms with van der Waals surface area (Å²) < 4.78 is 13.6. The highest BCUT2D eigenvalue weighted by molar-refractivity contribution is 5.89. The Balaban J connectivity index is 0.986. The van der Waals surface area contributed by atoms with Gasteiger partial charge in [-0.05, 0) is 69.3 Å². The maximum absolute atomic E-state index is 6.86. The highest BCUT2D eigenvalue weighted by Gasteiger charge is 2.47. The second-order valence-electron chi connectivity index (χ2n) is 14.2. The molecule has 0 unspecified atom stereocenters. The molecule has 0 atom stereocenters. The predicted molar refractivity (Wildman–Crippen MR) is 223 cm³/mol. The van der Waals surface area contributed by atoms with Crippen molar-refractivity contribution < 1.29 is 9.47 Å². The van der Waals surface area contributed by atoms with Crippen LogP contribution in [0.1, 0.15) is 22.3 Å². The lowest BCUT2D eigenvalue weighted by Gasteiger charge is -2.34. The molecule has 3 heterocycles. The third-order valence-corrected chi connectivity index (χ3v) is 10.9. The van der Waals surface area contributed by atoms with Gasteiger partial charge in [-0.25, -0.2) is 15.0 Å². The molecule has 2 aliphatic rings. The quantitative estimate of drug-likeness (QED) is 0.169. The van der Waals surface area contributed by atoms with Crippen molar-refractivity contribution in [2.24, 2.45) is 0 Å². The van der Waals surface area contributed by atoms with Gasteiger partial charge in [-0.2, -0.15) is 0 Å². The van der Waals surface area contributed by atoms with E-state index in [1.807, 2.05) is 72.8 Å². The summed E-state index contributed by atoms with van der Waals surface area (Å²) in [6.07, 6.45) is 1.75. The number of rotatable bonds is 6. The first kappa shape index (κ1) is 32.7. The molecule has 0 fully saturated rings. The van der Waals surface area contributed by atoms with Crippen LogP contribution in [-0.4, -0.2) is 19.9 Å². The van der Waals surface area contributed by atoms with Crippen molar-refractivity contribution in [1.29, 1.82) is 0 Å². The summed E-state index contributed by atoms with van der Waals surface area (Å²) in [4.78, 5) is 19.1. The summed E-state index contributed by atoms with van der Waals surface area (Å²) in [5.41, 5.74) is 10.9. The smallest absolute Gasteiger partial charge is 0.182 e. The summed E-state index contributed by atoms with van der Waals surface area (Å²) in [5, 5.41) is 0. The minimum atomic E-state index is -0.532. The van der Waals surface area contributed by atoms with E-state index in [2.05, 4.69) is 120 Å². The lowest BCUT2D eigenvalue weighted by Crippen LogP contribution is -2.28. The summed E-state index contributed by atoms with van der Waals surface area (Å²) >= 11 is 0. The van der Waals surface area contributed by atoms with Gasteiger partial charge in [0.2, 0.25) is 0 Å². The molecule has 0 saturated carbocycles. The number of ether oxygens (including phenoxy) is 2. The molecule has 57 heavy (non-hydrogen) atoms. The second-order valence-corrected chi connectivity index (χ2v) is 14.2. The predicted octanol–water partition coefficient (Wildman–Crippen LogP) is 12.2. The van der Waals surface area contributed by atoms with Gasteiger partial charge >= 0.3 is 0 Å². The van der Waals surface area contributed by atoms with Crippen molar-refractivity contribution in [2.45, 2.75) is 5.41 Å². The van der Waals surface area contributed by atoms with E-state index in [1.54, 1.807) is 6.20 Å². The fourth-order valence-corrected chi connectivity index (χ4v) is 8.39. The Hall–Kier alpha value is -7.70. The maximum Gasteiger partial charge on any atom is 0.182 e. The molecule has 0 spiro atoms. The normalized spacial score (nSPS) is 13.0. The van der Waals surface area contributed by atoms with Crippen LogP contribution in [0.3, 0.4) is 0 Å². The van der Waals surface area contributed by atoms with E-state index in [0.717, 1.165) is 27.8 Å². The third-order valence-electron chi connectivity index (χ3n) is 10.9. The van der Waals surface area contributed by atoms with Gasteiger partial charge in [0.05, 0.1) is 5.41 Å². The number of para-hydroxylation sites is 1. The molecule has 0 N–H and O–H groups in total. The van der Waals surface area contributed by atoms with Gasteiger partial charge in [-0.1, -0.05) is 158 Å². The highest BCUT2D eigenvalue weighted by Crippen LogP contribution is 2.60. The molecule has 0 bridgehead atoms.